The maximum atomic E-state index is 12.8. The first-order valence-corrected chi connectivity index (χ1v) is 9.91. The van der Waals surface area contributed by atoms with Gasteiger partial charge >= 0.3 is 0 Å². The maximum absolute atomic E-state index is 12.8. The lowest BCUT2D eigenvalue weighted by Crippen LogP contribution is -2.40. The van der Waals surface area contributed by atoms with Crippen molar-refractivity contribution < 1.29 is 28.5 Å². The SMILES string of the molecule is COc1cc(NC(=O)C2COc3ccccc3O2)c(OC)cc1NC(=O)c1ccccc1. The van der Waals surface area contributed by atoms with Crippen molar-refractivity contribution in [2.45, 2.75) is 6.10 Å². The third-order valence-corrected chi connectivity index (χ3v) is 4.86. The quantitative estimate of drug-likeness (QED) is 0.614. The van der Waals surface area contributed by atoms with E-state index in [9.17, 15) is 9.59 Å². The summed E-state index contributed by atoms with van der Waals surface area (Å²) in [5.74, 6) is 1.10. The maximum Gasteiger partial charge on any atom is 0.269 e. The first-order chi connectivity index (χ1) is 15.6. The second-order valence-electron chi connectivity index (χ2n) is 6.93. The fraction of sp³-hybridized carbons (Fsp3) is 0.167. The molecular formula is C24H22N2O6. The van der Waals surface area contributed by atoms with Crippen molar-refractivity contribution in [1.29, 1.82) is 0 Å². The Kier molecular flexibility index (Phi) is 6.12. The number of ether oxygens (including phenoxy) is 4. The molecule has 0 bridgehead atoms. The van der Waals surface area contributed by atoms with Crippen LogP contribution in [0.25, 0.3) is 0 Å². The molecule has 8 nitrogen and oxygen atoms in total. The molecule has 0 saturated carbocycles. The number of fused-ring (bicyclic) bond motifs is 1. The van der Waals surface area contributed by atoms with Crippen LogP contribution in [-0.2, 0) is 4.79 Å². The fourth-order valence-corrected chi connectivity index (χ4v) is 3.24. The molecule has 1 aliphatic rings. The van der Waals surface area contributed by atoms with Crippen LogP contribution in [0, 0.1) is 0 Å². The molecule has 0 spiro atoms. The van der Waals surface area contributed by atoms with Crippen LogP contribution in [0.15, 0.2) is 66.7 Å². The molecule has 3 aromatic rings. The largest absolute Gasteiger partial charge is 0.494 e. The van der Waals surface area contributed by atoms with Gasteiger partial charge in [-0.25, -0.2) is 0 Å². The summed E-state index contributed by atoms with van der Waals surface area (Å²) in [5, 5.41) is 5.59. The van der Waals surface area contributed by atoms with Gasteiger partial charge in [0, 0.05) is 17.7 Å². The molecule has 1 aliphatic heterocycles. The second-order valence-corrected chi connectivity index (χ2v) is 6.93. The van der Waals surface area contributed by atoms with Gasteiger partial charge in [0.1, 0.15) is 18.1 Å². The summed E-state index contributed by atoms with van der Waals surface area (Å²) in [4.78, 5) is 25.4. The van der Waals surface area contributed by atoms with Crippen LogP contribution < -0.4 is 29.6 Å². The van der Waals surface area contributed by atoms with E-state index >= 15 is 0 Å². The number of hydrogen-bond acceptors (Lipinski definition) is 6. The Labute approximate surface area is 185 Å². The number of hydrogen-bond donors (Lipinski definition) is 2. The van der Waals surface area contributed by atoms with Gasteiger partial charge in [0.2, 0.25) is 6.10 Å². The Hall–Kier alpha value is -4.20. The Morgan fingerprint density at radius 2 is 1.44 bits per heavy atom. The number of benzene rings is 3. The van der Waals surface area contributed by atoms with Crippen molar-refractivity contribution >= 4 is 23.2 Å². The van der Waals surface area contributed by atoms with Gasteiger partial charge in [0.05, 0.1) is 25.6 Å². The van der Waals surface area contributed by atoms with E-state index in [4.69, 9.17) is 18.9 Å². The molecule has 0 fully saturated rings. The molecule has 164 valence electrons. The van der Waals surface area contributed by atoms with E-state index in [1.54, 1.807) is 54.6 Å². The van der Waals surface area contributed by atoms with Gasteiger partial charge in [0.25, 0.3) is 11.8 Å². The molecule has 0 radical (unpaired) electrons. The summed E-state index contributed by atoms with van der Waals surface area (Å²) in [6, 6.07) is 19.1. The van der Waals surface area contributed by atoms with Gasteiger partial charge in [-0.15, -0.1) is 0 Å². The molecule has 8 heteroatoms. The van der Waals surface area contributed by atoms with Crippen LogP contribution in [0.5, 0.6) is 23.0 Å². The highest BCUT2D eigenvalue weighted by atomic mass is 16.6. The molecule has 0 saturated heterocycles. The summed E-state index contributed by atoms with van der Waals surface area (Å²) < 4.78 is 22.2. The van der Waals surface area contributed by atoms with E-state index in [2.05, 4.69) is 10.6 Å². The normalized spacial score (nSPS) is 14.2. The molecule has 1 unspecified atom stereocenters. The predicted octanol–water partition coefficient (Wildman–Crippen LogP) is 3.73. The van der Waals surface area contributed by atoms with Gasteiger partial charge in [-0.05, 0) is 24.3 Å². The average molecular weight is 434 g/mol. The minimum Gasteiger partial charge on any atom is -0.494 e. The molecule has 2 N–H and O–H groups in total. The average Bonchev–Trinajstić information content (AvgIpc) is 2.84. The number of nitrogens with one attached hydrogen (secondary N) is 2. The zero-order valence-corrected chi connectivity index (χ0v) is 17.6. The molecule has 0 aliphatic carbocycles. The molecule has 32 heavy (non-hydrogen) atoms. The lowest BCUT2D eigenvalue weighted by Gasteiger charge is -2.26. The number of para-hydroxylation sites is 2. The minimum atomic E-state index is -0.835. The molecular weight excluding hydrogens is 412 g/mol. The van der Waals surface area contributed by atoms with Crippen LogP contribution in [0.2, 0.25) is 0 Å². The van der Waals surface area contributed by atoms with E-state index in [-0.39, 0.29) is 12.5 Å². The van der Waals surface area contributed by atoms with Crippen molar-refractivity contribution in [1.82, 2.24) is 0 Å². The second kappa shape index (κ2) is 9.30. The number of carbonyl (C=O) groups excluding carboxylic acids is 2. The standard InChI is InChI=1S/C24H22N2O6/c1-29-20-13-17(26-24(28)22-14-31-18-10-6-7-11-19(18)32-22)21(30-2)12-16(20)25-23(27)15-8-4-3-5-9-15/h3-13,22H,14H2,1-2H3,(H,25,27)(H,26,28). The number of amides is 2. The molecule has 3 aromatic carbocycles. The molecule has 1 atom stereocenters. The van der Waals surface area contributed by atoms with Gasteiger partial charge < -0.3 is 29.6 Å². The summed E-state index contributed by atoms with van der Waals surface area (Å²) in [6.45, 7) is 0.0769. The van der Waals surface area contributed by atoms with Crippen LogP contribution in [-0.4, -0.2) is 38.7 Å². The van der Waals surface area contributed by atoms with E-state index in [1.807, 2.05) is 12.1 Å². The summed E-state index contributed by atoms with van der Waals surface area (Å²) in [5.41, 5.74) is 1.28. The Morgan fingerprint density at radius 3 is 2.09 bits per heavy atom. The lowest BCUT2D eigenvalue weighted by molar-refractivity contribution is -0.125. The van der Waals surface area contributed by atoms with Crippen LogP contribution in [0.4, 0.5) is 11.4 Å². The van der Waals surface area contributed by atoms with Crippen molar-refractivity contribution in [2.75, 3.05) is 31.5 Å². The fourth-order valence-electron chi connectivity index (χ4n) is 3.24. The summed E-state index contributed by atoms with van der Waals surface area (Å²) in [6.07, 6.45) is -0.835. The topological polar surface area (TPSA) is 95.1 Å². The van der Waals surface area contributed by atoms with Gasteiger partial charge in [-0.2, -0.15) is 0 Å². The Balaban J connectivity index is 1.53. The molecule has 1 heterocycles. The van der Waals surface area contributed by atoms with Crippen molar-refractivity contribution in [2.24, 2.45) is 0 Å². The van der Waals surface area contributed by atoms with Gasteiger partial charge in [0.15, 0.2) is 11.5 Å². The monoisotopic (exact) mass is 434 g/mol. The molecule has 4 rings (SSSR count). The van der Waals surface area contributed by atoms with E-state index in [1.165, 1.54) is 14.2 Å². The first kappa shape index (κ1) is 21.0. The van der Waals surface area contributed by atoms with Crippen molar-refractivity contribution in [3.05, 3.63) is 72.3 Å². The highest BCUT2D eigenvalue weighted by Crippen LogP contribution is 2.37. The number of methoxy groups -OCH3 is 2. The van der Waals surface area contributed by atoms with Gasteiger partial charge in [-0.1, -0.05) is 30.3 Å². The third kappa shape index (κ3) is 4.44. The molecule has 2 amide bonds. The van der Waals surface area contributed by atoms with E-state index in [0.29, 0.717) is 39.9 Å². The lowest BCUT2D eigenvalue weighted by atomic mass is 10.2. The minimum absolute atomic E-state index is 0.0769. The summed E-state index contributed by atoms with van der Waals surface area (Å²) >= 11 is 0. The highest BCUT2D eigenvalue weighted by molar-refractivity contribution is 6.05. The smallest absolute Gasteiger partial charge is 0.269 e. The summed E-state index contributed by atoms with van der Waals surface area (Å²) in [7, 11) is 2.94. The number of carbonyl (C=O) groups is 2. The predicted molar refractivity (Wildman–Crippen MR) is 119 cm³/mol. The third-order valence-electron chi connectivity index (χ3n) is 4.86. The van der Waals surface area contributed by atoms with Gasteiger partial charge in [-0.3, -0.25) is 9.59 Å². The Morgan fingerprint density at radius 1 is 0.844 bits per heavy atom. The number of anilines is 2. The zero-order valence-electron chi connectivity index (χ0n) is 17.6. The van der Waals surface area contributed by atoms with Crippen LogP contribution in [0.3, 0.4) is 0 Å². The highest BCUT2D eigenvalue weighted by Gasteiger charge is 2.28. The first-order valence-electron chi connectivity index (χ1n) is 9.91. The van der Waals surface area contributed by atoms with E-state index in [0.717, 1.165) is 0 Å². The number of rotatable bonds is 6. The molecule has 0 aromatic heterocycles. The van der Waals surface area contributed by atoms with E-state index < -0.39 is 12.0 Å². The Bertz CT molecular complexity index is 1130. The zero-order chi connectivity index (χ0) is 22.5. The van der Waals surface area contributed by atoms with Crippen molar-refractivity contribution in [3.8, 4) is 23.0 Å². The van der Waals surface area contributed by atoms with Crippen LogP contribution in [0.1, 0.15) is 10.4 Å². The van der Waals surface area contributed by atoms with Crippen LogP contribution >= 0.6 is 0 Å². The van der Waals surface area contributed by atoms with Crippen molar-refractivity contribution in [3.63, 3.8) is 0 Å².